The number of rotatable bonds is 4. The lowest BCUT2D eigenvalue weighted by Gasteiger charge is -2.13. The van der Waals surface area contributed by atoms with Crippen molar-refractivity contribution in [3.8, 4) is 0 Å². The van der Waals surface area contributed by atoms with Crippen LogP contribution in [0.1, 0.15) is 23.0 Å². The number of ether oxygens (including phenoxy) is 1. The van der Waals surface area contributed by atoms with Crippen LogP contribution in [0, 0.1) is 6.92 Å². The molecule has 1 heterocycles. The summed E-state index contributed by atoms with van der Waals surface area (Å²) in [6, 6.07) is 1.57. The molecule has 1 atom stereocenters. The fraction of sp³-hybridized carbons (Fsp3) is 0.455. The molecule has 0 aliphatic carbocycles. The van der Waals surface area contributed by atoms with E-state index >= 15 is 0 Å². The molecule has 0 unspecified atom stereocenters. The zero-order valence-corrected chi connectivity index (χ0v) is 10.2. The summed E-state index contributed by atoms with van der Waals surface area (Å²) in [5, 5.41) is 5.27. The van der Waals surface area contributed by atoms with E-state index in [0.29, 0.717) is 12.1 Å². The topological polar surface area (TPSA) is 83.2 Å². The van der Waals surface area contributed by atoms with E-state index < -0.39 is 6.09 Å². The first-order chi connectivity index (χ1) is 8.02. The maximum Gasteiger partial charge on any atom is 0.407 e. The van der Waals surface area contributed by atoms with Crippen molar-refractivity contribution in [2.45, 2.75) is 19.9 Å². The van der Waals surface area contributed by atoms with Crippen molar-refractivity contribution in [1.82, 2.24) is 15.6 Å². The average molecular weight is 239 g/mol. The summed E-state index contributed by atoms with van der Waals surface area (Å²) in [4.78, 5) is 25.5. The monoisotopic (exact) mass is 239 g/mol. The van der Waals surface area contributed by atoms with Gasteiger partial charge < -0.3 is 20.4 Å². The minimum Gasteiger partial charge on any atom is -0.453 e. The molecule has 0 saturated heterocycles. The van der Waals surface area contributed by atoms with Gasteiger partial charge in [0.05, 0.1) is 12.7 Å². The third kappa shape index (κ3) is 4.18. The van der Waals surface area contributed by atoms with Crippen LogP contribution in [0.4, 0.5) is 4.79 Å². The second kappa shape index (κ2) is 5.93. The normalized spacial score (nSPS) is 11.7. The van der Waals surface area contributed by atoms with Crippen molar-refractivity contribution in [1.29, 1.82) is 0 Å². The Morgan fingerprint density at radius 3 is 2.76 bits per heavy atom. The number of H-pyrrole nitrogens is 1. The first kappa shape index (κ1) is 13.1. The molecule has 0 aromatic carbocycles. The molecule has 94 valence electrons. The molecule has 3 N–H and O–H groups in total. The maximum absolute atomic E-state index is 11.6. The fourth-order valence-electron chi connectivity index (χ4n) is 1.30. The summed E-state index contributed by atoms with van der Waals surface area (Å²) >= 11 is 0. The Morgan fingerprint density at radius 2 is 2.24 bits per heavy atom. The van der Waals surface area contributed by atoms with E-state index in [-0.39, 0.29) is 11.9 Å². The first-order valence-corrected chi connectivity index (χ1v) is 5.30. The smallest absolute Gasteiger partial charge is 0.407 e. The van der Waals surface area contributed by atoms with E-state index in [9.17, 15) is 9.59 Å². The van der Waals surface area contributed by atoms with Gasteiger partial charge in [-0.3, -0.25) is 4.79 Å². The number of aromatic amines is 1. The lowest BCUT2D eigenvalue weighted by atomic mass is 10.3. The molecule has 1 aromatic rings. The van der Waals surface area contributed by atoms with Crippen LogP contribution < -0.4 is 10.6 Å². The average Bonchev–Trinajstić information content (AvgIpc) is 2.72. The molecule has 6 heteroatoms. The summed E-state index contributed by atoms with van der Waals surface area (Å²) in [6.07, 6.45) is 1.13. The standard InChI is InChI=1S/C11H17N3O3/c1-7-4-9(6-12-7)10(15)13-5-8(2)14-11(16)17-3/h4,6,8,12H,5H2,1-3H3,(H,13,15)(H,14,16)/t8-/m1/s1. The number of hydrogen-bond acceptors (Lipinski definition) is 3. The van der Waals surface area contributed by atoms with Gasteiger partial charge in [-0.05, 0) is 19.9 Å². The summed E-state index contributed by atoms with van der Waals surface area (Å²) < 4.78 is 4.45. The van der Waals surface area contributed by atoms with Crippen molar-refractivity contribution in [2.24, 2.45) is 0 Å². The number of amides is 2. The number of carbonyl (C=O) groups excluding carboxylic acids is 2. The van der Waals surface area contributed by atoms with Crippen molar-refractivity contribution in [3.05, 3.63) is 23.5 Å². The second-order valence-corrected chi connectivity index (χ2v) is 3.82. The molecule has 0 spiro atoms. The van der Waals surface area contributed by atoms with Crippen LogP contribution in [0.25, 0.3) is 0 Å². The van der Waals surface area contributed by atoms with E-state index in [1.54, 1.807) is 19.2 Å². The van der Waals surface area contributed by atoms with Crippen molar-refractivity contribution in [3.63, 3.8) is 0 Å². The Labute approximate surface area is 99.7 Å². The van der Waals surface area contributed by atoms with Crippen LogP contribution in [0.15, 0.2) is 12.3 Å². The minimum atomic E-state index is -0.510. The van der Waals surface area contributed by atoms with Crippen LogP contribution in [-0.4, -0.2) is 36.7 Å². The number of aromatic nitrogens is 1. The second-order valence-electron chi connectivity index (χ2n) is 3.82. The lowest BCUT2D eigenvalue weighted by molar-refractivity contribution is 0.0948. The summed E-state index contributed by atoms with van der Waals surface area (Å²) in [7, 11) is 1.29. The number of aryl methyl sites for hydroxylation is 1. The van der Waals surface area contributed by atoms with Gasteiger partial charge in [0, 0.05) is 24.5 Å². The largest absolute Gasteiger partial charge is 0.453 e. The molecule has 1 rings (SSSR count). The number of alkyl carbamates (subject to hydrolysis) is 1. The van der Waals surface area contributed by atoms with E-state index in [1.807, 2.05) is 6.92 Å². The molecule has 0 fully saturated rings. The highest BCUT2D eigenvalue weighted by Crippen LogP contribution is 2.01. The Balaban J connectivity index is 2.35. The van der Waals surface area contributed by atoms with Gasteiger partial charge >= 0.3 is 6.09 Å². The number of nitrogens with one attached hydrogen (secondary N) is 3. The highest BCUT2D eigenvalue weighted by atomic mass is 16.5. The van der Waals surface area contributed by atoms with Crippen molar-refractivity contribution >= 4 is 12.0 Å². The third-order valence-corrected chi connectivity index (χ3v) is 2.21. The molecule has 0 aliphatic rings. The predicted octanol–water partition coefficient (Wildman–Crippen LogP) is 0.797. The molecular formula is C11H17N3O3. The van der Waals surface area contributed by atoms with Crippen LogP contribution in [0.3, 0.4) is 0 Å². The van der Waals surface area contributed by atoms with Gasteiger partial charge in [-0.1, -0.05) is 0 Å². The first-order valence-electron chi connectivity index (χ1n) is 5.30. The van der Waals surface area contributed by atoms with E-state index in [2.05, 4.69) is 20.4 Å². The fourth-order valence-corrected chi connectivity index (χ4v) is 1.30. The summed E-state index contributed by atoms with van der Waals surface area (Å²) in [5.74, 6) is -0.173. The van der Waals surface area contributed by atoms with Crippen molar-refractivity contribution < 1.29 is 14.3 Å². The van der Waals surface area contributed by atoms with E-state index in [0.717, 1.165) is 5.69 Å². The van der Waals surface area contributed by atoms with Gasteiger partial charge in [-0.15, -0.1) is 0 Å². The Morgan fingerprint density at radius 1 is 1.53 bits per heavy atom. The summed E-state index contributed by atoms with van der Waals surface area (Å²) in [5.41, 5.74) is 1.50. The predicted molar refractivity (Wildman–Crippen MR) is 62.9 cm³/mol. The highest BCUT2D eigenvalue weighted by molar-refractivity contribution is 5.94. The molecule has 2 amide bonds. The number of methoxy groups -OCH3 is 1. The zero-order chi connectivity index (χ0) is 12.8. The zero-order valence-electron chi connectivity index (χ0n) is 10.2. The SMILES string of the molecule is COC(=O)N[C@H](C)CNC(=O)c1c[nH]c(C)c1. The van der Waals surface area contributed by atoms with Gasteiger partial charge in [0.25, 0.3) is 5.91 Å². The maximum atomic E-state index is 11.6. The van der Waals surface area contributed by atoms with Crippen LogP contribution in [-0.2, 0) is 4.74 Å². The van der Waals surface area contributed by atoms with Crippen LogP contribution >= 0.6 is 0 Å². The quantitative estimate of drug-likeness (QED) is 0.726. The van der Waals surface area contributed by atoms with Crippen LogP contribution in [0.2, 0.25) is 0 Å². The molecule has 17 heavy (non-hydrogen) atoms. The molecule has 0 bridgehead atoms. The van der Waals surface area contributed by atoms with Gasteiger partial charge in [0.1, 0.15) is 0 Å². The molecule has 1 aromatic heterocycles. The van der Waals surface area contributed by atoms with Gasteiger partial charge in [-0.2, -0.15) is 0 Å². The number of hydrogen-bond donors (Lipinski definition) is 3. The number of carbonyl (C=O) groups is 2. The van der Waals surface area contributed by atoms with Gasteiger partial charge in [0.15, 0.2) is 0 Å². The highest BCUT2D eigenvalue weighted by Gasteiger charge is 2.10. The van der Waals surface area contributed by atoms with Crippen LogP contribution in [0.5, 0.6) is 0 Å². The Hall–Kier alpha value is -1.98. The molecule has 0 saturated carbocycles. The molecular weight excluding hydrogens is 222 g/mol. The van der Waals surface area contributed by atoms with Gasteiger partial charge in [-0.25, -0.2) is 4.79 Å². The van der Waals surface area contributed by atoms with Gasteiger partial charge in [0.2, 0.25) is 0 Å². The lowest BCUT2D eigenvalue weighted by Crippen LogP contribution is -2.41. The van der Waals surface area contributed by atoms with Crippen molar-refractivity contribution in [2.75, 3.05) is 13.7 Å². The summed E-state index contributed by atoms with van der Waals surface area (Å²) in [6.45, 7) is 4.00. The third-order valence-electron chi connectivity index (χ3n) is 2.21. The minimum absolute atomic E-state index is 0.173. The Bertz CT molecular complexity index is 400. The molecule has 0 aliphatic heterocycles. The van der Waals surface area contributed by atoms with E-state index in [4.69, 9.17) is 0 Å². The Kier molecular flexibility index (Phi) is 4.56. The molecule has 0 radical (unpaired) electrons. The molecule has 6 nitrogen and oxygen atoms in total. The van der Waals surface area contributed by atoms with E-state index in [1.165, 1.54) is 7.11 Å².